The van der Waals surface area contributed by atoms with Crippen molar-refractivity contribution in [3.8, 4) is 0 Å². The van der Waals surface area contributed by atoms with E-state index in [9.17, 15) is 10.1 Å². The highest BCUT2D eigenvalue weighted by atomic mass is 33.1. The molecular weight excluding hydrogens is 328 g/mol. The van der Waals surface area contributed by atoms with Gasteiger partial charge in [0, 0.05) is 23.6 Å². The first kappa shape index (κ1) is 16.1. The summed E-state index contributed by atoms with van der Waals surface area (Å²) in [5.74, 6) is 1.71. The second kappa shape index (κ2) is 7.62. The average Bonchev–Trinajstić information content (AvgIpc) is 2.86. The van der Waals surface area contributed by atoms with E-state index in [1.165, 1.54) is 23.5 Å². The number of non-ortho nitro benzene ring substituents is 1. The highest BCUT2D eigenvalue weighted by Gasteiger charge is 2.08. The van der Waals surface area contributed by atoms with Gasteiger partial charge in [-0.2, -0.15) is 0 Å². The largest absolute Gasteiger partial charge is 0.330 e. The standard InChI is InChI=1S/C12H14N4O2S3/c1-8(2)7-19-21-12-15-14-11(20-12)13-9-3-5-10(6-4-9)16(17)18/h3-6,8H,7H2,1-2H3,(H,13,14). The number of anilines is 2. The number of aromatic nitrogens is 2. The van der Waals surface area contributed by atoms with Crippen LogP contribution in [0, 0.1) is 16.0 Å². The average molecular weight is 342 g/mol. The monoisotopic (exact) mass is 342 g/mol. The van der Waals surface area contributed by atoms with Crippen LogP contribution in [0.5, 0.6) is 0 Å². The van der Waals surface area contributed by atoms with E-state index in [2.05, 4.69) is 29.4 Å². The zero-order chi connectivity index (χ0) is 15.2. The number of rotatable bonds is 7. The Morgan fingerprint density at radius 2 is 2.05 bits per heavy atom. The van der Waals surface area contributed by atoms with E-state index in [0.717, 1.165) is 15.8 Å². The predicted octanol–water partition coefficient (Wildman–Crippen LogP) is 4.59. The maximum absolute atomic E-state index is 10.6. The minimum absolute atomic E-state index is 0.0687. The van der Waals surface area contributed by atoms with Crippen LogP contribution < -0.4 is 5.32 Å². The van der Waals surface area contributed by atoms with Crippen LogP contribution in [0.2, 0.25) is 0 Å². The molecule has 112 valence electrons. The lowest BCUT2D eigenvalue weighted by molar-refractivity contribution is -0.384. The minimum Gasteiger partial charge on any atom is -0.330 e. The van der Waals surface area contributed by atoms with Crippen LogP contribution in [0.4, 0.5) is 16.5 Å². The summed E-state index contributed by atoms with van der Waals surface area (Å²) in [7, 11) is 3.38. The smallest absolute Gasteiger partial charge is 0.269 e. The normalized spacial score (nSPS) is 10.8. The summed E-state index contributed by atoms with van der Waals surface area (Å²) in [6, 6.07) is 6.22. The van der Waals surface area contributed by atoms with Gasteiger partial charge < -0.3 is 5.32 Å². The Balaban J connectivity index is 1.91. The van der Waals surface area contributed by atoms with Gasteiger partial charge in [0.25, 0.3) is 5.69 Å². The van der Waals surface area contributed by atoms with Crippen molar-refractivity contribution < 1.29 is 4.92 Å². The second-order valence-corrected chi connectivity index (χ2v) is 8.13. The fourth-order valence-corrected chi connectivity index (χ4v) is 4.85. The highest BCUT2D eigenvalue weighted by molar-refractivity contribution is 8.77. The molecule has 0 bridgehead atoms. The van der Waals surface area contributed by atoms with Gasteiger partial charge in [0.2, 0.25) is 5.13 Å². The van der Waals surface area contributed by atoms with Crippen molar-refractivity contribution in [2.75, 3.05) is 11.1 Å². The first-order valence-corrected chi connectivity index (χ1v) is 9.32. The van der Waals surface area contributed by atoms with E-state index in [1.807, 2.05) is 0 Å². The Morgan fingerprint density at radius 3 is 2.67 bits per heavy atom. The molecule has 0 aliphatic rings. The fraction of sp³-hybridized carbons (Fsp3) is 0.333. The number of nitrogens with one attached hydrogen (secondary N) is 1. The first-order chi connectivity index (χ1) is 10.0. The van der Waals surface area contributed by atoms with Gasteiger partial charge in [-0.05, 0) is 28.8 Å². The molecule has 0 atom stereocenters. The number of benzene rings is 1. The van der Waals surface area contributed by atoms with Gasteiger partial charge in [0.15, 0.2) is 4.34 Å². The van der Waals surface area contributed by atoms with E-state index < -0.39 is 4.92 Å². The quantitative estimate of drug-likeness (QED) is 0.448. The van der Waals surface area contributed by atoms with Crippen LogP contribution >= 0.6 is 32.9 Å². The Kier molecular flexibility index (Phi) is 5.83. The SMILES string of the molecule is CC(C)CSSc1nnc(Nc2ccc([N+](=O)[O-])cc2)s1. The first-order valence-electron chi connectivity index (χ1n) is 6.19. The maximum atomic E-state index is 10.6. The molecule has 0 radical (unpaired) electrons. The number of nitro benzene ring substituents is 1. The molecule has 21 heavy (non-hydrogen) atoms. The molecule has 0 spiro atoms. The van der Waals surface area contributed by atoms with Gasteiger partial charge >= 0.3 is 0 Å². The van der Waals surface area contributed by atoms with Crippen LogP contribution in [0.1, 0.15) is 13.8 Å². The molecule has 1 N–H and O–H groups in total. The summed E-state index contributed by atoms with van der Waals surface area (Å²) >= 11 is 1.46. The van der Waals surface area contributed by atoms with Gasteiger partial charge in [0.05, 0.1) is 4.92 Å². The molecule has 2 aromatic rings. The number of hydrogen-bond acceptors (Lipinski definition) is 8. The number of nitro groups is 1. The molecule has 0 aliphatic carbocycles. The number of hydrogen-bond donors (Lipinski definition) is 1. The minimum atomic E-state index is -0.421. The number of nitrogens with zero attached hydrogens (tertiary/aromatic N) is 3. The zero-order valence-electron chi connectivity index (χ0n) is 11.5. The lowest BCUT2D eigenvalue weighted by Crippen LogP contribution is -1.91. The Bertz CT molecular complexity index is 601. The van der Waals surface area contributed by atoms with E-state index >= 15 is 0 Å². The van der Waals surface area contributed by atoms with Crippen LogP contribution in [0.25, 0.3) is 0 Å². The molecule has 6 nitrogen and oxygen atoms in total. The third kappa shape index (κ3) is 5.18. The van der Waals surface area contributed by atoms with Crippen molar-refractivity contribution in [1.82, 2.24) is 10.2 Å². The molecule has 0 unspecified atom stereocenters. The summed E-state index contributed by atoms with van der Waals surface area (Å²) in [6.45, 7) is 4.35. The van der Waals surface area contributed by atoms with Crippen molar-refractivity contribution in [2.45, 2.75) is 18.2 Å². The molecule has 0 fully saturated rings. The highest BCUT2D eigenvalue weighted by Crippen LogP contribution is 2.36. The van der Waals surface area contributed by atoms with E-state index in [4.69, 9.17) is 0 Å². The van der Waals surface area contributed by atoms with E-state index in [0.29, 0.717) is 11.0 Å². The van der Waals surface area contributed by atoms with Crippen molar-refractivity contribution in [3.63, 3.8) is 0 Å². The Labute approximate surface area is 134 Å². The van der Waals surface area contributed by atoms with Crippen LogP contribution in [0.15, 0.2) is 28.6 Å². The lowest BCUT2D eigenvalue weighted by Gasteiger charge is -2.01. The van der Waals surface area contributed by atoms with E-state index in [1.54, 1.807) is 33.7 Å². The van der Waals surface area contributed by atoms with Crippen molar-refractivity contribution in [1.29, 1.82) is 0 Å². The molecule has 1 aromatic heterocycles. The summed E-state index contributed by atoms with van der Waals surface area (Å²) in [5.41, 5.74) is 0.822. The predicted molar refractivity (Wildman–Crippen MR) is 89.4 cm³/mol. The molecule has 1 heterocycles. The Hall–Kier alpha value is -1.32. The van der Waals surface area contributed by atoms with Gasteiger partial charge in [-0.25, -0.2) is 0 Å². The summed E-state index contributed by atoms with van der Waals surface area (Å²) in [5, 5.41) is 22.5. The second-order valence-electron chi connectivity index (χ2n) is 4.56. The van der Waals surface area contributed by atoms with Gasteiger partial charge in [-0.3, -0.25) is 10.1 Å². The summed E-state index contributed by atoms with van der Waals surface area (Å²) in [4.78, 5) is 10.2. The molecule has 1 aromatic carbocycles. The fourth-order valence-electron chi connectivity index (χ4n) is 1.30. The van der Waals surface area contributed by atoms with Crippen molar-refractivity contribution in [2.24, 2.45) is 5.92 Å². The van der Waals surface area contributed by atoms with Crippen LogP contribution in [-0.4, -0.2) is 20.9 Å². The van der Waals surface area contributed by atoms with Gasteiger partial charge in [-0.1, -0.05) is 36.0 Å². The molecule has 0 aliphatic heterocycles. The molecule has 0 amide bonds. The third-order valence-corrected chi connectivity index (χ3v) is 6.10. The van der Waals surface area contributed by atoms with Crippen molar-refractivity contribution in [3.05, 3.63) is 34.4 Å². The Morgan fingerprint density at radius 1 is 1.33 bits per heavy atom. The van der Waals surface area contributed by atoms with Gasteiger partial charge in [-0.15, -0.1) is 10.2 Å². The molecular formula is C12H14N4O2S3. The topological polar surface area (TPSA) is 81.0 Å². The molecule has 0 saturated carbocycles. The lowest BCUT2D eigenvalue weighted by atomic mass is 10.3. The summed E-state index contributed by atoms with van der Waals surface area (Å²) < 4.78 is 0.894. The molecule has 0 saturated heterocycles. The third-order valence-electron chi connectivity index (χ3n) is 2.27. The van der Waals surface area contributed by atoms with E-state index in [-0.39, 0.29) is 5.69 Å². The maximum Gasteiger partial charge on any atom is 0.269 e. The zero-order valence-corrected chi connectivity index (χ0v) is 13.9. The van der Waals surface area contributed by atoms with Crippen molar-refractivity contribution >= 4 is 49.4 Å². The molecule has 9 heteroatoms. The summed E-state index contributed by atoms with van der Waals surface area (Å²) in [6.07, 6.45) is 0. The van der Waals surface area contributed by atoms with Gasteiger partial charge in [0.1, 0.15) is 0 Å². The van der Waals surface area contributed by atoms with Crippen LogP contribution in [0.3, 0.4) is 0 Å². The molecule has 2 rings (SSSR count). The van der Waals surface area contributed by atoms with Crippen LogP contribution in [-0.2, 0) is 0 Å².